The standard InChI is InChI=1S/C27H24ClN5O2/c1-35-22-14-10-20(11-15-22)24-17-23(19-8-12-21(28)13-9-19)29-27-31-26(32-33(24)27)30-25(34)16-7-18-5-3-2-4-6-18/h2-6,8-15,17,24H,7,16H2,1H3,(H2,29,30,31,32,34)/t24-/m0/s1. The molecule has 2 N–H and O–H groups in total. The third-order valence-electron chi connectivity index (χ3n) is 5.81. The highest BCUT2D eigenvalue weighted by Gasteiger charge is 2.26. The number of nitrogens with zero attached hydrogens (tertiary/aromatic N) is 3. The van der Waals surface area contributed by atoms with Crippen LogP contribution in [-0.2, 0) is 11.2 Å². The Hall–Kier alpha value is -4.10. The molecule has 4 aromatic rings. The van der Waals surface area contributed by atoms with E-state index in [1.807, 2.05) is 78.9 Å². The van der Waals surface area contributed by atoms with Gasteiger partial charge in [0.05, 0.1) is 7.11 Å². The molecule has 0 fully saturated rings. The van der Waals surface area contributed by atoms with Crippen molar-refractivity contribution in [3.8, 4) is 5.75 Å². The van der Waals surface area contributed by atoms with Crippen molar-refractivity contribution in [1.82, 2.24) is 14.8 Å². The number of anilines is 2. The van der Waals surface area contributed by atoms with Crippen LogP contribution in [0.5, 0.6) is 5.75 Å². The number of allylic oxidation sites excluding steroid dienone is 1. The lowest BCUT2D eigenvalue weighted by atomic mass is 10.0. The van der Waals surface area contributed by atoms with Crippen molar-refractivity contribution in [1.29, 1.82) is 0 Å². The van der Waals surface area contributed by atoms with E-state index in [9.17, 15) is 4.79 Å². The lowest BCUT2D eigenvalue weighted by molar-refractivity contribution is -0.116. The van der Waals surface area contributed by atoms with E-state index >= 15 is 0 Å². The number of nitrogens with one attached hydrogen (secondary N) is 2. The van der Waals surface area contributed by atoms with Gasteiger partial charge >= 0.3 is 0 Å². The maximum atomic E-state index is 12.6. The molecule has 2 heterocycles. The molecular formula is C27H24ClN5O2. The fraction of sp³-hybridized carbons (Fsp3) is 0.148. The van der Waals surface area contributed by atoms with E-state index in [4.69, 9.17) is 16.3 Å². The van der Waals surface area contributed by atoms with Gasteiger partial charge in [0, 0.05) is 17.1 Å². The van der Waals surface area contributed by atoms with E-state index in [1.165, 1.54) is 0 Å². The Morgan fingerprint density at radius 2 is 1.80 bits per heavy atom. The molecule has 0 saturated carbocycles. The first-order valence-corrected chi connectivity index (χ1v) is 11.7. The van der Waals surface area contributed by atoms with E-state index < -0.39 is 0 Å². The molecule has 1 aromatic heterocycles. The molecule has 3 aromatic carbocycles. The number of hydrogen-bond acceptors (Lipinski definition) is 5. The smallest absolute Gasteiger partial charge is 0.250 e. The van der Waals surface area contributed by atoms with Crippen molar-refractivity contribution >= 4 is 35.1 Å². The fourth-order valence-electron chi connectivity index (χ4n) is 3.97. The Morgan fingerprint density at radius 1 is 1.06 bits per heavy atom. The first kappa shape index (κ1) is 22.7. The van der Waals surface area contributed by atoms with Gasteiger partial charge in [-0.15, -0.1) is 5.10 Å². The van der Waals surface area contributed by atoms with Gasteiger partial charge in [-0.1, -0.05) is 66.2 Å². The molecule has 1 atom stereocenters. The predicted molar refractivity (Wildman–Crippen MR) is 138 cm³/mol. The summed E-state index contributed by atoms with van der Waals surface area (Å²) in [7, 11) is 1.64. The van der Waals surface area contributed by atoms with Crippen LogP contribution in [0.4, 0.5) is 11.9 Å². The lowest BCUT2D eigenvalue weighted by Gasteiger charge is -2.24. The summed E-state index contributed by atoms with van der Waals surface area (Å²) in [5.41, 5.74) is 3.96. The maximum absolute atomic E-state index is 12.6. The number of fused-ring (bicyclic) bond motifs is 1. The van der Waals surface area contributed by atoms with Crippen LogP contribution in [-0.4, -0.2) is 27.8 Å². The molecule has 0 aliphatic carbocycles. The zero-order valence-corrected chi connectivity index (χ0v) is 19.9. The number of halogens is 1. The molecule has 1 aliphatic heterocycles. The first-order valence-electron chi connectivity index (χ1n) is 11.3. The van der Waals surface area contributed by atoms with E-state index in [-0.39, 0.29) is 17.9 Å². The summed E-state index contributed by atoms with van der Waals surface area (Å²) in [6.07, 6.45) is 3.07. The molecule has 1 amide bonds. The molecular weight excluding hydrogens is 462 g/mol. The highest BCUT2D eigenvalue weighted by Crippen LogP contribution is 2.34. The van der Waals surface area contributed by atoms with Gasteiger partial charge in [-0.3, -0.25) is 10.1 Å². The second kappa shape index (κ2) is 10.0. The van der Waals surface area contributed by atoms with Crippen LogP contribution >= 0.6 is 11.6 Å². The Balaban J connectivity index is 1.40. The third kappa shape index (κ3) is 5.20. The fourth-order valence-corrected chi connectivity index (χ4v) is 4.10. The average molecular weight is 486 g/mol. The molecule has 0 unspecified atom stereocenters. The van der Waals surface area contributed by atoms with Gasteiger partial charge in [-0.05, 0) is 53.5 Å². The third-order valence-corrected chi connectivity index (χ3v) is 6.07. The van der Waals surface area contributed by atoms with Crippen LogP contribution in [0.1, 0.15) is 29.2 Å². The van der Waals surface area contributed by atoms with E-state index in [0.29, 0.717) is 23.8 Å². The minimum atomic E-state index is -0.231. The van der Waals surface area contributed by atoms with Gasteiger partial charge in [0.2, 0.25) is 11.9 Å². The average Bonchev–Trinajstić information content (AvgIpc) is 3.30. The number of aryl methyl sites for hydroxylation is 1. The normalized spacial score (nSPS) is 14.5. The Bertz CT molecular complexity index is 1350. The molecule has 5 rings (SSSR count). The summed E-state index contributed by atoms with van der Waals surface area (Å²) in [4.78, 5) is 17.1. The Kier molecular flexibility index (Phi) is 6.50. The monoisotopic (exact) mass is 485 g/mol. The number of hydrogen-bond donors (Lipinski definition) is 2. The van der Waals surface area contributed by atoms with Crippen LogP contribution in [0.25, 0.3) is 5.70 Å². The van der Waals surface area contributed by atoms with Gasteiger partial charge in [0.15, 0.2) is 0 Å². The summed E-state index contributed by atoms with van der Waals surface area (Å²) >= 11 is 6.08. The minimum absolute atomic E-state index is 0.135. The number of carbonyl (C=O) groups excluding carboxylic acids is 1. The van der Waals surface area contributed by atoms with Gasteiger partial charge in [0.1, 0.15) is 11.8 Å². The van der Waals surface area contributed by atoms with Crippen molar-refractivity contribution in [2.45, 2.75) is 18.9 Å². The quantitative estimate of drug-likeness (QED) is 0.358. The van der Waals surface area contributed by atoms with Crippen molar-refractivity contribution < 1.29 is 9.53 Å². The molecule has 8 heteroatoms. The Labute approximate surface area is 208 Å². The number of methoxy groups -OCH3 is 1. The summed E-state index contributed by atoms with van der Waals surface area (Å²) < 4.78 is 7.08. The zero-order chi connectivity index (χ0) is 24.2. The van der Waals surface area contributed by atoms with Gasteiger partial charge in [-0.2, -0.15) is 4.98 Å². The summed E-state index contributed by atoms with van der Waals surface area (Å²) in [5, 5.41) is 11.4. The van der Waals surface area contributed by atoms with Crippen LogP contribution in [0.2, 0.25) is 5.02 Å². The van der Waals surface area contributed by atoms with Crippen LogP contribution in [0.15, 0.2) is 84.9 Å². The van der Waals surface area contributed by atoms with Gasteiger partial charge in [0.25, 0.3) is 5.95 Å². The number of ether oxygens (including phenoxy) is 1. The van der Waals surface area contributed by atoms with Crippen molar-refractivity contribution in [2.75, 3.05) is 17.7 Å². The molecule has 176 valence electrons. The second-order valence-electron chi connectivity index (χ2n) is 8.17. The molecule has 0 spiro atoms. The van der Waals surface area contributed by atoms with Gasteiger partial charge < -0.3 is 10.1 Å². The van der Waals surface area contributed by atoms with Crippen LogP contribution in [0.3, 0.4) is 0 Å². The SMILES string of the molecule is COc1ccc([C@@H]2C=C(c3ccc(Cl)cc3)Nc3nc(NC(=O)CCc4ccccc4)nn32)cc1. The largest absolute Gasteiger partial charge is 0.497 e. The number of rotatable bonds is 7. The molecule has 35 heavy (non-hydrogen) atoms. The topological polar surface area (TPSA) is 81.1 Å². The number of carbonyl (C=O) groups is 1. The van der Waals surface area contributed by atoms with Crippen molar-refractivity contribution in [3.63, 3.8) is 0 Å². The van der Waals surface area contributed by atoms with E-state index in [0.717, 1.165) is 28.1 Å². The van der Waals surface area contributed by atoms with Crippen LogP contribution in [0, 0.1) is 0 Å². The number of amides is 1. The van der Waals surface area contributed by atoms with Gasteiger partial charge in [-0.25, -0.2) is 4.68 Å². The Morgan fingerprint density at radius 3 is 2.51 bits per heavy atom. The number of aromatic nitrogens is 3. The lowest BCUT2D eigenvalue weighted by Crippen LogP contribution is -2.20. The number of benzene rings is 3. The zero-order valence-electron chi connectivity index (χ0n) is 19.1. The molecule has 0 radical (unpaired) electrons. The second-order valence-corrected chi connectivity index (χ2v) is 8.60. The van der Waals surface area contributed by atoms with E-state index in [2.05, 4.69) is 26.8 Å². The first-order chi connectivity index (χ1) is 17.1. The highest BCUT2D eigenvalue weighted by atomic mass is 35.5. The van der Waals surface area contributed by atoms with Crippen LogP contribution < -0.4 is 15.4 Å². The summed E-state index contributed by atoms with van der Waals surface area (Å²) in [5.74, 6) is 1.44. The summed E-state index contributed by atoms with van der Waals surface area (Å²) in [6, 6.07) is 25.1. The molecule has 7 nitrogen and oxygen atoms in total. The molecule has 0 saturated heterocycles. The minimum Gasteiger partial charge on any atom is -0.497 e. The highest BCUT2D eigenvalue weighted by molar-refractivity contribution is 6.30. The van der Waals surface area contributed by atoms with E-state index in [1.54, 1.807) is 11.8 Å². The maximum Gasteiger partial charge on any atom is 0.250 e. The van der Waals surface area contributed by atoms with Crippen molar-refractivity contribution in [3.05, 3.63) is 107 Å². The molecule has 1 aliphatic rings. The molecule has 0 bridgehead atoms. The van der Waals surface area contributed by atoms with Crippen molar-refractivity contribution in [2.24, 2.45) is 0 Å². The summed E-state index contributed by atoms with van der Waals surface area (Å²) in [6.45, 7) is 0. The predicted octanol–water partition coefficient (Wildman–Crippen LogP) is 5.57.